The topological polar surface area (TPSA) is 36.4 Å². The van der Waals surface area contributed by atoms with Crippen molar-refractivity contribution in [2.75, 3.05) is 20.7 Å². The molecule has 1 N–H and O–H groups in total. The Morgan fingerprint density at radius 1 is 1.10 bits per heavy atom. The van der Waals surface area contributed by atoms with Gasteiger partial charge in [-0.1, -0.05) is 30.3 Å². The standard InChI is InChI=1S/C17H22N2O/c1-13(19(2)3)14-7-9-15(10-8-14)17-6-4-5-16(18-17)11-12-20/h4-10,13,20H,11-12H2,1-3H3. The predicted molar refractivity (Wildman–Crippen MR) is 82.6 cm³/mol. The summed E-state index contributed by atoms with van der Waals surface area (Å²) in [6.07, 6.45) is 0.601. The van der Waals surface area contributed by atoms with Gasteiger partial charge < -0.3 is 10.0 Å². The summed E-state index contributed by atoms with van der Waals surface area (Å²) in [4.78, 5) is 6.76. The van der Waals surface area contributed by atoms with Crippen LogP contribution in [-0.2, 0) is 6.42 Å². The lowest BCUT2D eigenvalue weighted by Crippen LogP contribution is -2.16. The van der Waals surface area contributed by atoms with Gasteiger partial charge in [0.15, 0.2) is 0 Å². The van der Waals surface area contributed by atoms with E-state index in [1.54, 1.807) is 0 Å². The number of hydrogen-bond acceptors (Lipinski definition) is 3. The fourth-order valence-electron chi connectivity index (χ4n) is 2.12. The highest BCUT2D eigenvalue weighted by molar-refractivity contribution is 5.59. The van der Waals surface area contributed by atoms with Gasteiger partial charge in [0.05, 0.1) is 5.69 Å². The summed E-state index contributed by atoms with van der Waals surface area (Å²) in [6, 6.07) is 14.9. The molecule has 3 nitrogen and oxygen atoms in total. The van der Waals surface area contributed by atoms with Crippen LogP contribution in [0.5, 0.6) is 0 Å². The molecule has 0 bridgehead atoms. The van der Waals surface area contributed by atoms with E-state index in [0.717, 1.165) is 17.0 Å². The second-order valence-electron chi connectivity index (χ2n) is 5.25. The minimum atomic E-state index is 0.135. The van der Waals surface area contributed by atoms with E-state index >= 15 is 0 Å². The van der Waals surface area contributed by atoms with Crippen LogP contribution in [0.1, 0.15) is 24.2 Å². The summed E-state index contributed by atoms with van der Waals surface area (Å²) in [7, 11) is 4.16. The van der Waals surface area contributed by atoms with Crippen molar-refractivity contribution in [3.8, 4) is 11.3 Å². The molecule has 0 fully saturated rings. The molecule has 2 rings (SSSR count). The van der Waals surface area contributed by atoms with E-state index < -0.39 is 0 Å². The first kappa shape index (κ1) is 14.7. The highest BCUT2D eigenvalue weighted by Crippen LogP contribution is 2.22. The number of aromatic nitrogens is 1. The molecule has 0 aliphatic heterocycles. The maximum Gasteiger partial charge on any atom is 0.0705 e. The zero-order chi connectivity index (χ0) is 14.5. The van der Waals surface area contributed by atoms with Crippen molar-refractivity contribution in [1.82, 2.24) is 9.88 Å². The van der Waals surface area contributed by atoms with E-state index in [-0.39, 0.29) is 6.61 Å². The van der Waals surface area contributed by atoms with Crippen LogP contribution in [0.3, 0.4) is 0 Å². The van der Waals surface area contributed by atoms with Crippen LogP contribution in [-0.4, -0.2) is 35.7 Å². The molecule has 106 valence electrons. The second-order valence-corrected chi connectivity index (χ2v) is 5.25. The van der Waals surface area contributed by atoms with Gasteiger partial charge in [-0.15, -0.1) is 0 Å². The molecule has 20 heavy (non-hydrogen) atoms. The lowest BCUT2D eigenvalue weighted by molar-refractivity contribution is 0.298. The lowest BCUT2D eigenvalue weighted by Gasteiger charge is -2.20. The van der Waals surface area contributed by atoms with Gasteiger partial charge in [0, 0.05) is 30.3 Å². The van der Waals surface area contributed by atoms with Gasteiger partial charge >= 0.3 is 0 Å². The van der Waals surface area contributed by atoms with E-state index in [4.69, 9.17) is 5.11 Å². The third-order valence-corrected chi connectivity index (χ3v) is 3.64. The van der Waals surface area contributed by atoms with E-state index in [2.05, 4.69) is 55.2 Å². The average molecular weight is 270 g/mol. The molecule has 1 atom stereocenters. The largest absolute Gasteiger partial charge is 0.396 e. The summed E-state index contributed by atoms with van der Waals surface area (Å²) in [5, 5.41) is 8.99. The Hall–Kier alpha value is -1.71. The van der Waals surface area contributed by atoms with Crippen molar-refractivity contribution < 1.29 is 5.11 Å². The highest BCUT2D eigenvalue weighted by Gasteiger charge is 2.08. The van der Waals surface area contributed by atoms with Gasteiger partial charge in [-0.3, -0.25) is 4.98 Å². The van der Waals surface area contributed by atoms with Crippen LogP contribution in [0.2, 0.25) is 0 Å². The molecule has 1 heterocycles. The van der Waals surface area contributed by atoms with Crippen LogP contribution in [0, 0.1) is 0 Å². The Morgan fingerprint density at radius 3 is 2.40 bits per heavy atom. The van der Waals surface area contributed by atoms with Crippen molar-refractivity contribution >= 4 is 0 Å². The molecular weight excluding hydrogens is 248 g/mol. The smallest absolute Gasteiger partial charge is 0.0705 e. The Balaban J connectivity index is 2.23. The van der Waals surface area contributed by atoms with Gasteiger partial charge in [0.1, 0.15) is 0 Å². The number of rotatable bonds is 5. The quantitative estimate of drug-likeness (QED) is 0.907. The summed E-state index contributed by atoms with van der Waals surface area (Å²) in [5.41, 5.74) is 4.29. The number of benzene rings is 1. The van der Waals surface area contributed by atoms with Gasteiger partial charge in [-0.2, -0.15) is 0 Å². The molecular formula is C17H22N2O. The van der Waals surface area contributed by atoms with E-state index in [1.165, 1.54) is 5.56 Å². The third kappa shape index (κ3) is 3.44. The molecule has 1 aromatic carbocycles. The number of pyridine rings is 1. The van der Waals surface area contributed by atoms with Gasteiger partial charge in [-0.05, 0) is 38.7 Å². The SMILES string of the molecule is CC(c1ccc(-c2cccc(CCO)n2)cc1)N(C)C. The Morgan fingerprint density at radius 2 is 1.80 bits per heavy atom. The molecule has 3 heteroatoms. The van der Waals surface area contributed by atoms with Crippen molar-refractivity contribution in [2.24, 2.45) is 0 Å². The number of hydrogen-bond donors (Lipinski definition) is 1. The van der Waals surface area contributed by atoms with Gasteiger partial charge in [0.2, 0.25) is 0 Å². The second kappa shape index (κ2) is 6.64. The molecule has 2 aromatic rings. The van der Waals surface area contributed by atoms with Crippen LogP contribution >= 0.6 is 0 Å². The molecule has 0 radical (unpaired) electrons. The first-order valence-electron chi connectivity index (χ1n) is 6.95. The normalized spacial score (nSPS) is 12.7. The Kier molecular flexibility index (Phi) is 4.88. The maximum absolute atomic E-state index is 8.99. The zero-order valence-electron chi connectivity index (χ0n) is 12.4. The van der Waals surface area contributed by atoms with E-state index in [1.807, 2.05) is 18.2 Å². The number of aliphatic hydroxyl groups is 1. The monoisotopic (exact) mass is 270 g/mol. The third-order valence-electron chi connectivity index (χ3n) is 3.64. The summed E-state index contributed by atoms with van der Waals surface area (Å²) in [6.45, 7) is 2.32. The minimum absolute atomic E-state index is 0.135. The molecule has 1 aromatic heterocycles. The fourth-order valence-corrected chi connectivity index (χ4v) is 2.12. The fraction of sp³-hybridized carbons (Fsp3) is 0.353. The Bertz CT molecular complexity index is 549. The molecule has 0 amide bonds. The van der Waals surface area contributed by atoms with Crippen LogP contribution < -0.4 is 0 Å². The van der Waals surface area contributed by atoms with Gasteiger partial charge in [0.25, 0.3) is 0 Å². The average Bonchev–Trinajstić information content (AvgIpc) is 2.47. The first-order chi connectivity index (χ1) is 9.61. The summed E-state index contributed by atoms with van der Waals surface area (Å²) in [5.74, 6) is 0. The Labute approximate surface area is 120 Å². The molecule has 0 aliphatic carbocycles. The van der Waals surface area contributed by atoms with Gasteiger partial charge in [-0.25, -0.2) is 0 Å². The predicted octanol–water partition coefficient (Wildman–Crippen LogP) is 2.91. The summed E-state index contributed by atoms with van der Waals surface area (Å²) < 4.78 is 0. The number of aliphatic hydroxyl groups excluding tert-OH is 1. The zero-order valence-corrected chi connectivity index (χ0v) is 12.4. The maximum atomic E-state index is 8.99. The van der Waals surface area contributed by atoms with Crippen LogP contribution in [0.25, 0.3) is 11.3 Å². The van der Waals surface area contributed by atoms with Crippen molar-refractivity contribution in [2.45, 2.75) is 19.4 Å². The molecule has 1 unspecified atom stereocenters. The van der Waals surface area contributed by atoms with Crippen molar-refractivity contribution in [3.63, 3.8) is 0 Å². The van der Waals surface area contributed by atoms with E-state index in [0.29, 0.717) is 12.5 Å². The lowest BCUT2D eigenvalue weighted by atomic mass is 10.0. The highest BCUT2D eigenvalue weighted by atomic mass is 16.3. The minimum Gasteiger partial charge on any atom is -0.396 e. The molecule has 0 saturated carbocycles. The first-order valence-corrected chi connectivity index (χ1v) is 6.95. The summed E-state index contributed by atoms with van der Waals surface area (Å²) >= 11 is 0. The molecule has 0 aliphatic rings. The molecule has 0 saturated heterocycles. The number of nitrogens with zero attached hydrogens (tertiary/aromatic N) is 2. The van der Waals surface area contributed by atoms with Crippen molar-refractivity contribution in [1.29, 1.82) is 0 Å². The van der Waals surface area contributed by atoms with E-state index in [9.17, 15) is 0 Å². The van der Waals surface area contributed by atoms with Crippen molar-refractivity contribution in [3.05, 3.63) is 53.7 Å². The van der Waals surface area contributed by atoms with Crippen LogP contribution in [0.15, 0.2) is 42.5 Å². The van der Waals surface area contributed by atoms with Crippen LogP contribution in [0.4, 0.5) is 0 Å². The molecule has 0 spiro atoms.